The van der Waals surface area contributed by atoms with Crippen LogP contribution in [0.5, 0.6) is 0 Å². The second-order valence-electron chi connectivity index (χ2n) is 3.99. The minimum atomic E-state index is 0.747. The summed E-state index contributed by atoms with van der Waals surface area (Å²) in [6, 6.07) is 5.82. The largest absolute Gasteiger partial charge is 0.305 e. The van der Waals surface area contributed by atoms with Gasteiger partial charge < -0.3 is 4.72 Å². The monoisotopic (exact) mass is 270 g/mol. The zero-order valence-electron chi connectivity index (χ0n) is 8.57. The molecule has 1 aliphatic heterocycles. The summed E-state index contributed by atoms with van der Waals surface area (Å²) in [7, 11) is 0. The Hall–Kier alpha value is -0.320. The van der Waals surface area contributed by atoms with Gasteiger partial charge in [0.25, 0.3) is 0 Å². The molecule has 1 fully saturated rings. The highest BCUT2D eigenvalue weighted by Gasteiger charge is 2.22. The van der Waals surface area contributed by atoms with Crippen LogP contribution in [-0.4, -0.2) is 10.9 Å². The third kappa shape index (κ3) is 2.50. The maximum atomic E-state index is 5.96. The van der Waals surface area contributed by atoms with Gasteiger partial charge in [0.15, 0.2) is 5.17 Å². The molecular formula is C11H11ClN2S2. The van der Waals surface area contributed by atoms with Crippen LogP contribution in [-0.2, 0) is 0 Å². The number of aliphatic imine (C=N–C) groups is 1. The lowest BCUT2D eigenvalue weighted by molar-refractivity contribution is 1.00. The van der Waals surface area contributed by atoms with Gasteiger partial charge in [-0.25, -0.2) is 4.99 Å². The standard InChI is InChI=1S/C11H11ClN2S2/c12-8-3-4-10-9(5-8)13-11(14-16-10)15-6-7-1-2-7/h3-5,7H,1-2,6H2,(H,13,14). The van der Waals surface area contributed by atoms with Crippen molar-refractivity contribution in [3.63, 3.8) is 0 Å². The summed E-state index contributed by atoms with van der Waals surface area (Å²) in [6.45, 7) is 0. The topological polar surface area (TPSA) is 24.4 Å². The molecular weight excluding hydrogens is 260 g/mol. The lowest BCUT2D eigenvalue weighted by Crippen LogP contribution is -2.15. The van der Waals surface area contributed by atoms with Crippen molar-refractivity contribution in [2.24, 2.45) is 10.9 Å². The summed E-state index contributed by atoms with van der Waals surface area (Å²) in [6.07, 6.45) is 2.77. The van der Waals surface area contributed by atoms with Crippen molar-refractivity contribution < 1.29 is 0 Å². The minimum absolute atomic E-state index is 0.747. The van der Waals surface area contributed by atoms with E-state index in [1.54, 1.807) is 11.9 Å². The summed E-state index contributed by atoms with van der Waals surface area (Å²) in [5.74, 6) is 2.10. The SMILES string of the molecule is Clc1ccc2c(c1)N=C(SCC1CC1)NS2. The maximum absolute atomic E-state index is 5.96. The number of nitrogens with zero attached hydrogens (tertiary/aromatic N) is 1. The normalized spacial score (nSPS) is 18.7. The van der Waals surface area contributed by atoms with E-state index in [1.165, 1.54) is 18.6 Å². The van der Waals surface area contributed by atoms with Gasteiger partial charge in [0, 0.05) is 10.8 Å². The van der Waals surface area contributed by atoms with Crippen LogP contribution in [0.25, 0.3) is 0 Å². The van der Waals surface area contributed by atoms with Crippen molar-refractivity contribution in [3.8, 4) is 0 Å². The van der Waals surface area contributed by atoms with Gasteiger partial charge in [-0.3, -0.25) is 0 Å². The number of thioether (sulfide) groups is 1. The molecule has 2 nitrogen and oxygen atoms in total. The van der Waals surface area contributed by atoms with E-state index in [2.05, 4.69) is 9.71 Å². The van der Waals surface area contributed by atoms with Crippen LogP contribution in [0, 0.1) is 5.92 Å². The highest BCUT2D eigenvalue weighted by Crippen LogP contribution is 2.37. The van der Waals surface area contributed by atoms with Crippen LogP contribution in [0.3, 0.4) is 0 Å². The Morgan fingerprint density at radius 3 is 3.19 bits per heavy atom. The highest BCUT2D eigenvalue weighted by molar-refractivity contribution is 8.15. The molecule has 16 heavy (non-hydrogen) atoms. The summed E-state index contributed by atoms with van der Waals surface area (Å²) < 4.78 is 3.26. The van der Waals surface area contributed by atoms with E-state index in [-0.39, 0.29) is 0 Å². The molecule has 2 aliphatic rings. The molecule has 0 radical (unpaired) electrons. The quantitative estimate of drug-likeness (QED) is 0.820. The zero-order valence-corrected chi connectivity index (χ0v) is 11.0. The van der Waals surface area contributed by atoms with Gasteiger partial charge in [0.2, 0.25) is 0 Å². The summed E-state index contributed by atoms with van der Waals surface area (Å²) >= 11 is 9.39. The Balaban J connectivity index is 1.76. The third-order valence-corrected chi connectivity index (χ3v) is 4.87. The van der Waals surface area contributed by atoms with Gasteiger partial charge in [-0.15, -0.1) is 0 Å². The minimum Gasteiger partial charge on any atom is -0.305 e. The van der Waals surface area contributed by atoms with E-state index in [0.717, 1.165) is 26.7 Å². The average molecular weight is 271 g/mol. The third-order valence-electron chi connectivity index (χ3n) is 2.54. The van der Waals surface area contributed by atoms with Crippen LogP contribution in [0.4, 0.5) is 5.69 Å². The molecule has 1 aromatic rings. The summed E-state index contributed by atoms with van der Waals surface area (Å²) in [5.41, 5.74) is 0.981. The fourth-order valence-corrected chi connectivity index (χ4v) is 3.44. The molecule has 1 aliphatic carbocycles. The van der Waals surface area contributed by atoms with Crippen molar-refractivity contribution in [2.45, 2.75) is 17.7 Å². The van der Waals surface area contributed by atoms with Gasteiger partial charge in [-0.2, -0.15) is 0 Å². The number of halogens is 1. The zero-order chi connectivity index (χ0) is 11.0. The Morgan fingerprint density at radius 1 is 1.50 bits per heavy atom. The fourth-order valence-electron chi connectivity index (χ4n) is 1.44. The van der Waals surface area contributed by atoms with Crippen molar-refractivity contribution in [1.82, 2.24) is 4.72 Å². The van der Waals surface area contributed by atoms with E-state index in [1.807, 2.05) is 30.0 Å². The van der Waals surface area contributed by atoms with Gasteiger partial charge in [-0.05, 0) is 48.9 Å². The molecule has 0 saturated heterocycles. The molecule has 0 aromatic heterocycles. The highest BCUT2D eigenvalue weighted by atomic mass is 35.5. The first kappa shape index (κ1) is 10.8. The number of nitrogens with one attached hydrogen (secondary N) is 1. The van der Waals surface area contributed by atoms with E-state index in [4.69, 9.17) is 11.6 Å². The Bertz CT molecular complexity index is 444. The second-order valence-corrected chi connectivity index (χ2v) is 6.28. The molecule has 1 heterocycles. The number of benzene rings is 1. The molecule has 0 spiro atoms. The van der Waals surface area contributed by atoms with Gasteiger partial charge in [0.1, 0.15) is 0 Å². The van der Waals surface area contributed by atoms with E-state index in [9.17, 15) is 0 Å². The molecule has 0 bridgehead atoms. The predicted molar refractivity (Wildman–Crippen MR) is 72.7 cm³/mol. The van der Waals surface area contributed by atoms with Crippen LogP contribution in [0.15, 0.2) is 28.1 Å². The maximum Gasteiger partial charge on any atom is 0.172 e. The molecule has 3 rings (SSSR count). The number of rotatable bonds is 2. The van der Waals surface area contributed by atoms with Gasteiger partial charge in [-0.1, -0.05) is 23.4 Å². The number of fused-ring (bicyclic) bond motifs is 1. The van der Waals surface area contributed by atoms with Crippen LogP contribution in [0.2, 0.25) is 5.02 Å². The Labute approximate surface area is 108 Å². The molecule has 1 saturated carbocycles. The Morgan fingerprint density at radius 2 is 2.38 bits per heavy atom. The van der Waals surface area contributed by atoms with Crippen molar-refractivity contribution in [1.29, 1.82) is 0 Å². The smallest absolute Gasteiger partial charge is 0.172 e. The molecule has 84 valence electrons. The van der Waals surface area contributed by atoms with E-state index < -0.39 is 0 Å². The first-order valence-electron chi connectivity index (χ1n) is 5.25. The summed E-state index contributed by atoms with van der Waals surface area (Å²) in [5, 5.41) is 1.75. The molecule has 0 unspecified atom stereocenters. The average Bonchev–Trinajstić information content (AvgIpc) is 3.09. The first-order valence-corrected chi connectivity index (χ1v) is 7.43. The first-order chi connectivity index (χ1) is 7.81. The lowest BCUT2D eigenvalue weighted by atomic mass is 10.3. The van der Waals surface area contributed by atoms with Gasteiger partial charge >= 0.3 is 0 Å². The lowest BCUT2D eigenvalue weighted by Gasteiger charge is -2.15. The Kier molecular flexibility index (Phi) is 3.05. The van der Waals surface area contributed by atoms with Crippen molar-refractivity contribution >= 4 is 46.2 Å². The van der Waals surface area contributed by atoms with Crippen molar-refractivity contribution in [3.05, 3.63) is 23.2 Å². The number of hydrogen-bond acceptors (Lipinski definition) is 4. The fraction of sp³-hybridized carbons (Fsp3) is 0.364. The van der Waals surface area contributed by atoms with Crippen molar-refractivity contribution in [2.75, 3.05) is 5.75 Å². The van der Waals surface area contributed by atoms with Crippen LogP contribution in [0.1, 0.15) is 12.8 Å². The van der Waals surface area contributed by atoms with Gasteiger partial charge in [0.05, 0.1) is 10.6 Å². The number of hydrogen-bond donors (Lipinski definition) is 1. The molecule has 1 N–H and O–H groups in total. The predicted octanol–water partition coefficient (Wildman–Crippen LogP) is 4.08. The molecule has 0 atom stereocenters. The molecule has 1 aromatic carbocycles. The number of amidine groups is 1. The van der Waals surface area contributed by atoms with E-state index in [0.29, 0.717) is 0 Å². The van der Waals surface area contributed by atoms with Crippen LogP contribution >= 0.6 is 35.3 Å². The summed E-state index contributed by atoms with van der Waals surface area (Å²) in [4.78, 5) is 5.71. The van der Waals surface area contributed by atoms with E-state index >= 15 is 0 Å². The second kappa shape index (κ2) is 4.51. The van der Waals surface area contributed by atoms with Crippen LogP contribution < -0.4 is 4.72 Å². The molecule has 0 amide bonds. The molecule has 5 heteroatoms.